The van der Waals surface area contributed by atoms with E-state index >= 15 is 0 Å². The minimum atomic E-state index is -0.825. The molecular weight excluding hydrogens is 366 g/mol. The lowest BCUT2D eigenvalue weighted by Crippen LogP contribution is -2.51. The van der Waals surface area contributed by atoms with Crippen LogP contribution in [0.15, 0.2) is 59.7 Å². The van der Waals surface area contributed by atoms with Gasteiger partial charge in [-0.3, -0.25) is 14.5 Å². The molecule has 0 bridgehead atoms. The number of rotatable bonds is 3. The number of hydrazone groups is 1. The van der Waals surface area contributed by atoms with Crippen LogP contribution in [-0.2, 0) is 9.59 Å². The Morgan fingerprint density at radius 2 is 1.77 bits per heavy atom. The van der Waals surface area contributed by atoms with E-state index < -0.39 is 4.33 Å². The molecule has 1 saturated heterocycles. The third-order valence-corrected chi connectivity index (χ3v) is 7.11. The van der Waals surface area contributed by atoms with Crippen LogP contribution in [0.4, 0.5) is 11.4 Å². The molecule has 1 atom stereocenters. The van der Waals surface area contributed by atoms with Crippen molar-refractivity contribution in [1.29, 1.82) is 0 Å². The fourth-order valence-corrected chi connectivity index (χ4v) is 5.69. The summed E-state index contributed by atoms with van der Waals surface area (Å²) in [6, 6.07) is 17.5. The summed E-state index contributed by atoms with van der Waals surface area (Å²) in [5, 5.41) is 6.79. The van der Waals surface area contributed by atoms with Crippen molar-refractivity contribution in [2.75, 3.05) is 15.7 Å². The van der Waals surface area contributed by atoms with Crippen LogP contribution in [0.5, 0.6) is 0 Å². The summed E-state index contributed by atoms with van der Waals surface area (Å²) < 4.78 is -0.825. The molecule has 2 aliphatic heterocycles. The SMILES string of the molecule is CC(=O)C1=NN(c2ccc(C)cc2)C2(SCC(=O)N2c2ccccc2)S1. The lowest BCUT2D eigenvalue weighted by Gasteiger charge is -2.39. The molecule has 0 N–H and O–H groups in total. The van der Waals surface area contributed by atoms with Gasteiger partial charge in [-0.1, -0.05) is 47.7 Å². The molecule has 0 aliphatic carbocycles. The molecule has 7 heteroatoms. The Hall–Kier alpha value is -2.25. The van der Waals surface area contributed by atoms with Crippen LogP contribution in [0.2, 0.25) is 0 Å². The second-order valence-electron chi connectivity index (χ2n) is 6.11. The zero-order valence-corrected chi connectivity index (χ0v) is 16.0. The van der Waals surface area contributed by atoms with Gasteiger partial charge in [0.15, 0.2) is 10.8 Å². The number of aryl methyl sites for hydroxylation is 1. The topological polar surface area (TPSA) is 53.0 Å². The number of carbonyl (C=O) groups is 2. The van der Waals surface area contributed by atoms with Crippen LogP contribution in [0.3, 0.4) is 0 Å². The van der Waals surface area contributed by atoms with Crippen LogP contribution in [0.1, 0.15) is 12.5 Å². The molecule has 2 heterocycles. The van der Waals surface area contributed by atoms with Gasteiger partial charge in [0, 0.05) is 12.6 Å². The van der Waals surface area contributed by atoms with E-state index in [1.807, 2.05) is 61.5 Å². The van der Waals surface area contributed by atoms with E-state index in [9.17, 15) is 9.59 Å². The number of nitrogens with zero attached hydrogens (tertiary/aromatic N) is 3. The lowest BCUT2D eigenvalue weighted by molar-refractivity contribution is -0.116. The molecule has 0 saturated carbocycles. The summed E-state index contributed by atoms with van der Waals surface area (Å²) in [6.07, 6.45) is 0. The van der Waals surface area contributed by atoms with Gasteiger partial charge in [-0.2, -0.15) is 5.10 Å². The number of benzene rings is 2. The maximum atomic E-state index is 12.8. The quantitative estimate of drug-likeness (QED) is 0.806. The van der Waals surface area contributed by atoms with E-state index in [4.69, 9.17) is 0 Å². The van der Waals surface area contributed by atoms with E-state index in [0.717, 1.165) is 16.9 Å². The van der Waals surface area contributed by atoms with Crippen molar-refractivity contribution in [2.24, 2.45) is 5.10 Å². The first-order chi connectivity index (χ1) is 12.5. The zero-order chi connectivity index (χ0) is 18.3. The molecule has 4 rings (SSSR count). The maximum absolute atomic E-state index is 12.8. The van der Waals surface area contributed by atoms with E-state index in [0.29, 0.717) is 10.8 Å². The highest BCUT2D eigenvalue weighted by Gasteiger charge is 2.57. The van der Waals surface area contributed by atoms with Crippen molar-refractivity contribution in [1.82, 2.24) is 0 Å². The number of amides is 1. The maximum Gasteiger partial charge on any atom is 0.243 e. The number of Topliss-reactive ketones (excluding diaryl/α,β-unsaturated/α-hetero) is 1. The fourth-order valence-electron chi connectivity index (χ4n) is 2.95. The Labute approximate surface area is 160 Å². The predicted molar refractivity (Wildman–Crippen MR) is 108 cm³/mol. The molecule has 2 aromatic carbocycles. The number of para-hydroxylation sites is 1. The predicted octanol–water partition coefficient (Wildman–Crippen LogP) is 3.84. The van der Waals surface area contributed by atoms with Crippen LogP contribution in [-0.4, -0.2) is 26.8 Å². The van der Waals surface area contributed by atoms with E-state index in [1.54, 1.807) is 9.91 Å². The van der Waals surface area contributed by atoms with E-state index in [2.05, 4.69) is 5.10 Å². The number of hydrogen-bond donors (Lipinski definition) is 0. The van der Waals surface area contributed by atoms with Gasteiger partial charge in [-0.05, 0) is 43.0 Å². The molecule has 0 radical (unpaired) electrons. The molecule has 1 amide bonds. The second-order valence-corrected chi connectivity index (χ2v) is 8.68. The number of hydrogen-bond acceptors (Lipinski definition) is 6. The highest BCUT2D eigenvalue weighted by Crippen LogP contribution is 2.55. The number of thioether (sulfide) groups is 2. The summed E-state index contributed by atoms with van der Waals surface area (Å²) >= 11 is 2.83. The number of carbonyl (C=O) groups excluding carboxylic acids is 2. The summed E-state index contributed by atoms with van der Waals surface area (Å²) in [7, 11) is 0. The average Bonchev–Trinajstić information content (AvgIpc) is 3.18. The monoisotopic (exact) mass is 383 g/mol. The fraction of sp³-hybridized carbons (Fsp3) is 0.211. The van der Waals surface area contributed by atoms with Gasteiger partial charge in [0.05, 0.1) is 11.4 Å². The molecule has 1 spiro atoms. The third kappa shape index (κ3) is 2.71. The molecule has 5 nitrogen and oxygen atoms in total. The first kappa shape index (κ1) is 17.2. The van der Waals surface area contributed by atoms with Gasteiger partial charge < -0.3 is 0 Å². The lowest BCUT2D eigenvalue weighted by atomic mass is 10.2. The summed E-state index contributed by atoms with van der Waals surface area (Å²) in [6.45, 7) is 3.53. The van der Waals surface area contributed by atoms with Crippen molar-refractivity contribution < 1.29 is 9.59 Å². The zero-order valence-electron chi connectivity index (χ0n) is 14.4. The molecule has 1 fully saturated rings. The molecule has 0 aromatic heterocycles. The van der Waals surface area contributed by atoms with Gasteiger partial charge in [-0.15, -0.1) is 0 Å². The summed E-state index contributed by atoms with van der Waals surface area (Å²) in [5.41, 5.74) is 2.79. The molecule has 2 aliphatic rings. The Kier molecular flexibility index (Phi) is 4.28. The Balaban J connectivity index is 1.85. The minimum Gasteiger partial charge on any atom is -0.292 e. The second kappa shape index (κ2) is 6.48. The van der Waals surface area contributed by atoms with Crippen LogP contribution in [0, 0.1) is 6.92 Å². The first-order valence-electron chi connectivity index (χ1n) is 8.19. The minimum absolute atomic E-state index is 0.00538. The van der Waals surface area contributed by atoms with Gasteiger partial charge in [-0.25, -0.2) is 5.01 Å². The van der Waals surface area contributed by atoms with Crippen LogP contribution in [0.25, 0.3) is 0 Å². The van der Waals surface area contributed by atoms with Gasteiger partial charge in [0.1, 0.15) is 0 Å². The van der Waals surface area contributed by atoms with E-state index in [-0.39, 0.29) is 11.7 Å². The van der Waals surface area contributed by atoms with Crippen molar-refractivity contribution in [3.8, 4) is 0 Å². The van der Waals surface area contributed by atoms with Crippen molar-refractivity contribution >= 4 is 51.6 Å². The Morgan fingerprint density at radius 1 is 1.08 bits per heavy atom. The van der Waals surface area contributed by atoms with Crippen LogP contribution >= 0.6 is 23.5 Å². The number of anilines is 2. The molecule has 1 unspecified atom stereocenters. The standard InChI is InChI=1S/C19H17N3O2S2/c1-13-8-10-16(11-9-13)22-19(26-18(20-22)14(2)23)21(17(24)12-25-19)15-6-4-3-5-7-15/h3-11H,12H2,1-2H3. The Morgan fingerprint density at radius 3 is 2.42 bits per heavy atom. The number of ketones is 1. The van der Waals surface area contributed by atoms with Gasteiger partial charge in [0.25, 0.3) is 0 Å². The largest absolute Gasteiger partial charge is 0.292 e. The molecular formula is C19H17N3O2S2. The third-order valence-electron chi connectivity index (χ3n) is 4.20. The molecule has 26 heavy (non-hydrogen) atoms. The van der Waals surface area contributed by atoms with Crippen molar-refractivity contribution in [3.05, 3.63) is 60.2 Å². The van der Waals surface area contributed by atoms with Gasteiger partial charge in [0.2, 0.25) is 10.2 Å². The normalized spacial score (nSPS) is 22.2. The van der Waals surface area contributed by atoms with Crippen molar-refractivity contribution in [3.63, 3.8) is 0 Å². The molecule has 132 valence electrons. The Bertz CT molecular complexity index is 899. The summed E-state index contributed by atoms with van der Waals surface area (Å²) in [4.78, 5) is 26.6. The van der Waals surface area contributed by atoms with Crippen molar-refractivity contribution in [2.45, 2.75) is 18.2 Å². The first-order valence-corrected chi connectivity index (χ1v) is 9.99. The smallest absolute Gasteiger partial charge is 0.243 e. The highest BCUT2D eigenvalue weighted by molar-refractivity contribution is 8.28. The van der Waals surface area contributed by atoms with E-state index in [1.165, 1.54) is 30.4 Å². The van der Waals surface area contributed by atoms with Crippen LogP contribution < -0.4 is 9.91 Å². The molecule has 2 aromatic rings. The highest BCUT2D eigenvalue weighted by atomic mass is 32.2. The van der Waals surface area contributed by atoms with Gasteiger partial charge >= 0.3 is 0 Å². The average molecular weight is 383 g/mol. The summed E-state index contributed by atoms with van der Waals surface area (Å²) in [5.74, 6) is 0.244.